The molecule has 1 N–H and O–H groups in total. The Hall–Kier alpha value is -3.13. The minimum Gasteiger partial charge on any atom is -0.332 e. The number of likely N-dealkylation sites (N-methyl/N-ethyl adjacent to an activating group) is 1. The molecule has 0 fully saturated rings. The largest absolute Gasteiger partial charge is 0.332 e. The Morgan fingerprint density at radius 1 is 1.27 bits per heavy atom. The number of hydrogen-bond donors (Lipinski definition) is 1. The van der Waals surface area contributed by atoms with Crippen molar-refractivity contribution in [2.24, 2.45) is 0 Å². The molecule has 8 nitrogen and oxygen atoms in total. The van der Waals surface area contributed by atoms with Gasteiger partial charge in [-0.05, 0) is 33.0 Å². The maximum absolute atomic E-state index is 5.40. The van der Waals surface area contributed by atoms with Crippen LogP contribution in [0.4, 0.5) is 0 Å². The summed E-state index contributed by atoms with van der Waals surface area (Å²) in [6.07, 6.45) is 4.29. The number of nitrogens with one attached hydrogen (secondary N) is 1. The Morgan fingerprint density at radius 3 is 3.00 bits per heavy atom. The molecular weight excluding hydrogens is 330 g/mol. The minimum atomic E-state index is 0.265. The summed E-state index contributed by atoms with van der Waals surface area (Å²) in [5, 5.41) is 17.9. The standard InChI is InChI=1S/C18H19N7O/c1-11(19-3)9-16-21-18(26-23-16)17-12(2)25(24-22-17)15-6-4-5-13-10-20-8-7-14(13)15/h4-8,10-11,19H,9H2,1-3H3. The molecule has 4 rings (SSSR count). The van der Waals surface area contributed by atoms with Crippen LogP contribution < -0.4 is 5.32 Å². The van der Waals surface area contributed by atoms with E-state index in [0.29, 0.717) is 23.8 Å². The fourth-order valence-corrected chi connectivity index (χ4v) is 2.85. The van der Waals surface area contributed by atoms with Crippen LogP contribution in [0.3, 0.4) is 0 Å². The van der Waals surface area contributed by atoms with E-state index in [4.69, 9.17) is 4.52 Å². The van der Waals surface area contributed by atoms with Gasteiger partial charge in [-0.2, -0.15) is 4.98 Å². The predicted octanol–water partition coefficient (Wildman–Crippen LogP) is 2.32. The second-order valence-corrected chi connectivity index (χ2v) is 6.22. The average molecular weight is 349 g/mol. The lowest BCUT2D eigenvalue weighted by molar-refractivity contribution is 0.417. The molecule has 4 aromatic rings. The van der Waals surface area contributed by atoms with E-state index in [2.05, 4.69) is 37.7 Å². The SMILES string of the molecule is CNC(C)Cc1noc(-c2nnn(-c3cccc4cnccc34)c2C)n1. The number of pyridine rings is 1. The molecule has 8 heteroatoms. The van der Waals surface area contributed by atoms with Gasteiger partial charge in [-0.25, -0.2) is 4.68 Å². The molecule has 0 aliphatic rings. The minimum absolute atomic E-state index is 0.265. The fraction of sp³-hybridized carbons (Fsp3) is 0.278. The number of aromatic nitrogens is 6. The lowest BCUT2D eigenvalue weighted by Gasteiger charge is -2.07. The average Bonchev–Trinajstić information content (AvgIpc) is 3.27. The van der Waals surface area contributed by atoms with Gasteiger partial charge in [0.1, 0.15) is 0 Å². The van der Waals surface area contributed by atoms with Crippen molar-refractivity contribution in [3.8, 4) is 17.3 Å². The first kappa shape index (κ1) is 16.3. The van der Waals surface area contributed by atoms with Gasteiger partial charge < -0.3 is 9.84 Å². The molecule has 3 aromatic heterocycles. The number of fused-ring (bicyclic) bond motifs is 1. The van der Waals surface area contributed by atoms with E-state index >= 15 is 0 Å². The lowest BCUT2D eigenvalue weighted by atomic mass is 10.1. The zero-order valence-corrected chi connectivity index (χ0v) is 14.8. The smallest absolute Gasteiger partial charge is 0.280 e. The first-order valence-corrected chi connectivity index (χ1v) is 8.43. The predicted molar refractivity (Wildman–Crippen MR) is 96.9 cm³/mol. The van der Waals surface area contributed by atoms with Crippen LogP contribution in [0.25, 0.3) is 28.0 Å². The Morgan fingerprint density at radius 2 is 2.15 bits per heavy atom. The second-order valence-electron chi connectivity index (χ2n) is 6.22. The van der Waals surface area contributed by atoms with Crippen LogP contribution in [0.5, 0.6) is 0 Å². The summed E-state index contributed by atoms with van der Waals surface area (Å²) in [6, 6.07) is 8.23. The summed E-state index contributed by atoms with van der Waals surface area (Å²) in [7, 11) is 1.90. The Labute approximate surface area is 150 Å². The summed E-state index contributed by atoms with van der Waals surface area (Å²) < 4.78 is 7.19. The summed E-state index contributed by atoms with van der Waals surface area (Å²) in [4.78, 5) is 8.63. The maximum atomic E-state index is 5.40. The highest BCUT2D eigenvalue weighted by Crippen LogP contribution is 2.25. The van der Waals surface area contributed by atoms with Crippen LogP contribution in [0, 0.1) is 6.92 Å². The molecule has 0 aliphatic carbocycles. The molecule has 0 spiro atoms. The van der Waals surface area contributed by atoms with Crippen molar-refractivity contribution in [1.82, 2.24) is 35.4 Å². The third kappa shape index (κ3) is 2.84. The molecule has 132 valence electrons. The number of hydrogen-bond acceptors (Lipinski definition) is 7. The van der Waals surface area contributed by atoms with Crippen LogP contribution in [0.15, 0.2) is 41.2 Å². The quantitative estimate of drug-likeness (QED) is 0.591. The van der Waals surface area contributed by atoms with E-state index < -0.39 is 0 Å². The molecule has 1 atom stereocenters. The topological polar surface area (TPSA) is 94.6 Å². The van der Waals surface area contributed by atoms with Crippen LogP contribution in [-0.4, -0.2) is 43.2 Å². The van der Waals surface area contributed by atoms with Gasteiger partial charge in [0.05, 0.1) is 11.4 Å². The van der Waals surface area contributed by atoms with Gasteiger partial charge in [0.25, 0.3) is 5.89 Å². The second kappa shape index (κ2) is 6.64. The monoisotopic (exact) mass is 349 g/mol. The maximum Gasteiger partial charge on any atom is 0.280 e. The van der Waals surface area contributed by atoms with Gasteiger partial charge in [0.15, 0.2) is 11.5 Å². The Bertz CT molecular complexity index is 1050. The molecule has 1 unspecified atom stereocenters. The molecule has 0 radical (unpaired) electrons. The van der Waals surface area contributed by atoms with Gasteiger partial charge in [-0.1, -0.05) is 22.5 Å². The summed E-state index contributed by atoms with van der Waals surface area (Å²) in [6.45, 7) is 4.00. The van der Waals surface area contributed by atoms with Gasteiger partial charge in [0.2, 0.25) is 0 Å². The first-order chi connectivity index (χ1) is 12.7. The van der Waals surface area contributed by atoms with E-state index in [0.717, 1.165) is 22.2 Å². The van der Waals surface area contributed by atoms with Crippen molar-refractivity contribution >= 4 is 10.8 Å². The Balaban J connectivity index is 1.73. The summed E-state index contributed by atoms with van der Waals surface area (Å²) in [5.41, 5.74) is 2.36. The van der Waals surface area contributed by atoms with Crippen molar-refractivity contribution in [2.45, 2.75) is 26.3 Å². The highest BCUT2D eigenvalue weighted by Gasteiger charge is 2.19. The molecule has 0 saturated heterocycles. The molecule has 0 saturated carbocycles. The molecular formula is C18H19N7O. The third-order valence-electron chi connectivity index (χ3n) is 4.43. The van der Waals surface area contributed by atoms with E-state index in [1.54, 1.807) is 10.9 Å². The highest BCUT2D eigenvalue weighted by atomic mass is 16.5. The highest BCUT2D eigenvalue weighted by molar-refractivity contribution is 5.89. The number of nitrogens with zero attached hydrogens (tertiary/aromatic N) is 6. The van der Waals surface area contributed by atoms with E-state index in [1.807, 2.05) is 44.4 Å². The molecule has 0 amide bonds. The fourth-order valence-electron chi connectivity index (χ4n) is 2.85. The Kier molecular flexibility index (Phi) is 4.18. The molecule has 1 aromatic carbocycles. The molecule has 3 heterocycles. The first-order valence-electron chi connectivity index (χ1n) is 8.43. The van der Waals surface area contributed by atoms with Crippen LogP contribution in [0.2, 0.25) is 0 Å². The molecule has 26 heavy (non-hydrogen) atoms. The number of benzene rings is 1. The van der Waals surface area contributed by atoms with Crippen LogP contribution in [0.1, 0.15) is 18.4 Å². The lowest BCUT2D eigenvalue weighted by Crippen LogP contribution is -2.24. The van der Waals surface area contributed by atoms with Crippen molar-refractivity contribution in [1.29, 1.82) is 0 Å². The van der Waals surface area contributed by atoms with Crippen molar-refractivity contribution in [2.75, 3.05) is 7.05 Å². The van der Waals surface area contributed by atoms with Gasteiger partial charge in [-0.3, -0.25) is 4.98 Å². The normalized spacial score (nSPS) is 12.6. The third-order valence-corrected chi connectivity index (χ3v) is 4.43. The van der Waals surface area contributed by atoms with Crippen molar-refractivity contribution in [3.05, 3.63) is 48.2 Å². The van der Waals surface area contributed by atoms with Crippen LogP contribution in [-0.2, 0) is 6.42 Å². The summed E-state index contributed by atoms with van der Waals surface area (Å²) >= 11 is 0. The zero-order valence-electron chi connectivity index (χ0n) is 14.8. The van der Waals surface area contributed by atoms with Gasteiger partial charge in [-0.15, -0.1) is 5.10 Å². The van der Waals surface area contributed by atoms with E-state index in [-0.39, 0.29) is 6.04 Å². The van der Waals surface area contributed by atoms with E-state index in [1.165, 1.54) is 0 Å². The van der Waals surface area contributed by atoms with Crippen molar-refractivity contribution < 1.29 is 4.52 Å². The van der Waals surface area contributed by atoms with E-state index in [9.17, 15) is 0 Å². The van der Waals surface area contributed by atoms with Crippen molar-refractivity contribution in [3.63, 3.8) is 0 Å². The zero-order chi connectivity index (χ0) is 18.1. The number of rotatable bonds is 5. The van der Waals surface area contributed by atoms with Crippen LogP contribution >= 0.6 is 0 Å². The summed E-state index contributed by atoms with van der Waals surface area (Å²) in [5.74, 6) is 1.03. The van der Waals surface area contributed by atoms with Gasteiger partial charge in [0, 0.05) is 35.6 Å². The van der Waals surface area contributed by atoms with Gasteiger partial charge >= 0.3 is 0 Å². The molecule has 0 bridgehead atoms. The molecule has 0 aliphatic heterocycles.